The van der Waals surface area contributed by atoms with E-state index in [9.17, 15) is 28.2 Å². The Labute approximate surface area is 289 Å². The lowest BCUT2D eigenvalue weighted by Gasteiger charge is -2.24. The van der Waals surface area contributed by atoms with Gasteiger partial charge in [0.15, 0.2) is 17.5 Å². The zero-order valence-electron chi connectivity index (χ0n) is 27.7. The molecular weight excluding hydrogens is 644 g/mol. The van der Waals surface area contributed by atoms with Crippen LogP contribution in [0.15, 0.2) is 91.0 Å². The maximum absolute atomic E-state index is 13.9. The number of aromatic nitrogens is 1. The van der Waals surface area contributed by atoms with E-state index >= 15 is 0 Å². The molecule has 1 aliphatic carbocycles. The van der Waals surface area contributed by atoms with E-state index in [1.165, 1.54) is 11.1 Å². The summed E-state index contributed by atoms with van der Waals surface area (Å²) in [4.78, 5) is 16.4. The van der Waals surface area contributed by atoms with Crippen molar-refractivity contribution in [1.29, 1.82) is 0 Å². The molecule has 1 fully saturated rings. The molecule has 254 valence electrons. The maximum Gasteiger partial charge on any atom is 0.303 e. The average molecular weight is 684 g/mol. The van der Waals surface area contributed by atoms with Crippen molar-refractivity contribution in [2.24, 2.45) is 5.41 Å². The number of carboxylic acid groups (broad SMARTS) is 1. The molecule has 4 nitrogen and oxygen atoms in total. The van der Waals surface area contributed by atoms with E-state index in [0.29, 0.717) is 17.5 Å². The zero-order chi connectivity index (χ0) is 34.8. The van der Waals surface area contributed by atoms with Crippen molar-refractivity contribution in [1.82, 2.24) is 4.98 Å². The number of pyridine rings is 1. The highest BCUT2D eigenvalue weighted by Crippen LogP contribution is 2.53. The molecule has 4 aromatic carbocycles. The van der Waals surface area contributed by atoms with Crippen molar-refractivity contribution in [2.75, 3.05) is 5.75 Å². The van der Waals surface area contributed by atoms with Crippen molar-refractivity contribution in [3.8, 4) is 11.1 Å². The van der Waals surface area contributed by atoms with Gasteiger partial charge in [-0.25, -0.2) is 13.2 Å². The number of aliphatic hydroxyl groups is 1. The van der Waals surface area contributed by atoms with E-state index in [2.05, 4.69) is 30.3 Å². The van der Waals surface area contributed by atoms with Crippen molar-refractivity contribution < 1.29 is 28.2 Å². The number of hydrogen-bond donors (Lipinski definition) is 2. The number of carbonyl (C=O) groups is 1. The minimum atomic E-state index is -1.49. The van der Waals surface area contributed by atoms with Crippen molar-refractivity contribution in [2.45, 2.75) is 69.6 Å². The van der Waals surface area contributed by atoms with E-state index in [4.69, 9.17) is 4.98 Å². The Bertz CT molecular complexity index is 1960. The van der Waals surface area contributed by atoms with Crippen LogP contribution in [0.3, 0.4) is 0 Å². The van der Waals surface area contributed by atoms with E-state index in [0.717, 1.165) is 72.2 Å². The molecular formula is C41H40F3NO3S. The second-order valence-electron chi connectivity index (χ2n) is 13.8. The summed E-state index contributed by atoms with van der Waals surface area (Å²) in [5, 5.41) is 21.3. The second kappa shape index (κ2) is 14.4. The SMILES string of the molecule is CC(C)(O)c1ccccc1CC[C@@H](SCC1(CC(=O)O)CC1)c1cccc(CCc2ccc3ccc(-c4cc(F)c(F)c(F)c4)cc3n2)c1. The highest BCUT2D eigenvalue weighted by molar-refractivity contribution is 7.99. The number of aryl methyl sites for hydroxylation is 3. The van der Waals surface area contributed by atoms with Gasteiger partial charge in [-0.2, -0.15) is 11.8 Å². The Kier molecular flexibility index (Phi) is 10.2. The van der Waals surface area contributed by atoms with Crippen molar-refractivity contribution in [3.63, 3.8) is 0 Å². The number of benzene rings is 4. The molecule has 0 bridgehead atoms. The first-order valence-corrected chi connectivity index (χ1v) is 17.7. The number of halogens is 3. The van der Waals surface area contributed by atoms with Gasteiger partial charge in [0.1, 0.15) is 0 Å². The van der Waals surface area contributed by atoms with Gasteiger partial charge in [0, 0.05) is 22.1 Å². The molecule has 0 saturated heterocycles. The third-order valence-electron chi connectivity index (χ3n) is 9.49. The van der Waals surface area contributed by atoms with E-state index in [1.807, 2.05) is 48.2 Å². The Morgan fingerprint density at radius 2 is 1.61 bits per heavy atom. The minimum absolute atomic E-state index is 0.127. The topological polar surface area (TPSA) is 70.4 Å². The molecule has 8 heteroatoms. The van der Waals surface area contributed by atoms with E-state index in [-0.39, 0.29) is 22.6 Å². The number of fused-ring (bicyclic) bond motifs is 1. The molecule has 0 spiro atoms. The van der Waals surface area contributed by atoms with Crippen LogP contribution in [0.1, 0.15) is 72.7 Å². The Hall–Kier alpha value is -4.14. The maximum atomic E-state index is 13.9. The molecule has 49 heavy (non-hydrogen) atoms. The first-order chi connectivity index (χ1) is 23.4. The zero-order valence-corrected chi connectivity index (χ0v) is 28.5. The second-order valence-corrected chi connectivity index (χ2v) is 15.0. The molecule has 0 aliphatic heterocycles. The number of hydrogen-bond acceptors (Lipinski definition) is 4. The molecule has 1 heterocycles. The lowest BCUT2D eigenvalue weighted by atomic mass is 9.90. The Morgan fingerprint density at radius 3 is 2.33 bits per heavy atom. The fourth-order valence-electron chi connectivity index (χ4n) is 6.54. The number of carboxylic acids is 1. The van der Waals surface area contributed by atoms with Crippen LogP contribution in [0.25, 0.3) is 22.0 Å². The lowest BCUT2D eigenvalue weighted by Crippen LogP contribution is -2.18. The summed E-state index contributed by atoms with van der Waals surface area (Å²) in [6.45, 7) is 3.61. The number of rotatable bonds is 14. The highest BCUT2D eigenvalue weighted by atomic mass is 32.2. The molecule has 0 radical (unpaired) electrons. The van der Waals surface area contributed by atoms with Crippen LogP contribution < -0.4 is 0 Å². The van der Waals surface area contributed by atoms with Crippen LogP contribution in [0, 0.1) is 22.9 Å². The van der Waals surface area contributed by atoms with Crippen molar-refractivity contribution in [3.05, 3.63) is 136 Å². The molecule has 0 unspecified atom stereocenters. The summed E-state index contributed by atoms with van der Waals surface area (Å²) in [6, 6.07) is 27.9. The number of thioether (sulfide) groups is 1. The number of aliphatic carboxylic acids is 1. The predicted molar refractivity (Wildman–Crippen MR) is 190 cm³/mol. The van der Waals surface area contributed by atoms with Gasteiger partial charge in [0.25, 0.3) is 0 Å². The normalized spacial score (nSPS) is 14.6. The van der Waals surface area contributed by atoms with E-state index in [1.54, 1.807) is 26.0 Å². The van der Waals surface area contributed by atoms with Gasteiger partial charge in [-0.05, 0) is 115 Å². The van der Waals surface area contributed by atoms with E-state index < -0.39 is 29.0 Å². The van der Waals surface area contributed by atoms with Crippen LogP contribution in [0.5, 0.6) is 0 Å². The summed E-state index contributed by atoms with van der Waals surface area (Å²) in [6.07, 6.45) is 5.16. The van der Waals surface area contributed by atoms with Crippen LogP contribution in [-0.2, 0) is 29.7 Å². The Morgan fingerprint density at radius 1 is 0.878 bits per heavy atom. The summed E-state index contributed by atoms with van der Waals surface area (Å²) in [5.41, 5.74) is 5.68. The van der Waals surface area contributed by atoms with Gasteiger partial charge in [-0.1, -0.05) is 66.7 Å². The molecule has 5 aromatic rings. The van der Waals surface area contributed by atoms with Crippen molar-refractivity contribution >= 4 is 28.6 Å². The van der Waals surface area contributed by atoms with Crippen LogP contribution >= 0.6 is 11.8 Å². The van der Waals surface area contributed by atoms with Gasteiger partial charge < -0.3 is 10.2 Å². The molecule has 1 aromatic heterocycles. The van der Waals surface area contributed by atoms with Gasteiger partial charge >= 0.3 is 5.97 Å². The number of nitrogens with zero attached hydrogens (tertiary/aromatic N) is 1. The van der Waals surface area contributed by atoms with Crippen LogP contribution in [0.4, 0.5) is 13.2 Å². The van der Waals surface area contributed by atoms with Gasteiger partial charge in [0.2, 0.25) is 0 Å². The average Bonchev–Trinajstić information content (AvgIpc) is 3.84. The fraction of sp³-hybridized carbons (Fsp3) is 0.317. The third-order valence-corrected chi connectivity index (χ3v) is 11.2. The molecule has 1 atom stereocenters. The summed E-state index contributed by atoms with van der Waals surface area (Å²) in [7, 11) is 0. The summed E-state index contributed by atoms with van der Waals surface area (Å²) >= 11 is 1.84. The molecule has 1 aliphatic rings. The fourth-order valence-corrected chi connectivity index (χ4v) is 8.11. The standard InChI is InChI=1S/C41H40F3NO3S/c1-40(2,48)33-9-4-3-7-27(33)14-17-37(49-25-41(18-19-41)24-38(46)47)30-8-5-6-26(20-30)10-15-32-16-13-28-11-12-29(23-36(28)45-32)31-21-34(42)39(44)35(43)22-31/h3-9,11-13,16,20-23,37,48H,10,14-15,17-19,24-25H2,1-2H3,(H,46,47)/t37-/m1/s1. The smallest absolute Gasteiger partial charge is 0.303 e. The first-order valence-electron chi connectivity index (χ1n) is 16.7. The summed E-state index contributed by atoms with van der Waals surface area (Å²) in [5.74, 6) is -3.90. The van der Waals surface area contributed by atoms with Crippen LogP contribution in [-0.4, -0.2) is 26.9 Å². The van der Waals surface area contributed by atoms with Crippen LogP contribution in [0.2, 0.25) is 0 Å². The quantitative estimate of drug-likeness (QED) is 0.114. The first kappa shape index (κ1) is 34.7. The Balaban J connectivity index is 1.19. The molecule has 2 N–H and O–H groups in total. The third kappa shape index (κ3) is 8.54. The lowest BCUT2D eigenvalue weighted by molar-refractivity contribution is -0.138. The summed E-state index contributed by atoms with van der Waals surface area (Å²) < 4.78 is 41.3. The monoisotopic (exact) mass is 683 g/mol. The predicted octanol–water partition coefficient (Wildman–Crippen LogP) is 9.99. The highest BCUT2D eigenvalue weighted by Gasteiger charge is 2.44. The molecule has 6 rings (SSSR count). The van der Waals surface area contributed by atoms with Gasteiger partial charge in [0.05, 0.1) is 17.5 Å². The minimum Gasteiger partial charge on any atom is -0.481 e. The molecule has 0 amide bonds. The largest absolute Gasteiger partial charge is 0.481 e. The van der Waals surface area contributed by atoms with Gasteiger partial charge in [-0.15, -0.1) is 0 Å². The molecule has 1 saturated carbocycles. The van der Waals surface area contributed by atoms with Gasteiger partial charge in [-0.3, -0.25) is 9.78 Å².